The largest absolute Gasteiger partial charge is 0.343 e. The van der Waals surface area contributed by atoms with Crippen molar-refractivity contribution in [2.75, 3.05) is 0 Å². The molecular formula is C13H17N3OS2. The molecule has 2 atom stereocenters. The van der Waals surface area contributed by atoms with Crippen molar-refractivity contribution in [1.29, 1.82) is 0 Å². The van der Waals surface area contributed by atoms with Crippen molar-refractivity contribution in [2.24, 2.45) is 5.73 Å². The van der Waals surface area contributed by atoms with Crippen LogP contribution >= 0.6 is 22.7 Å². The smallest absolute Gasteiger partial charge is 0.271 e. The average molecular weight is 295 g/mol. The number of nitrogens with zero attached hydrogens (tertiary/aromatic N) is 1. The molecule has 102 valence electrons. The maximum absolute atomic E-state index is 12.1. The molecule has 0 bridgehead atoms. The molecule has 2 rings (SSSR count). The van der Waals surface area contributed by atoms with E-state index in [2.05, 4.69) is 17.2 Å². The van der Waals surface area contributed by atoms with E-state index >= 15 is 0 Å². The molecule has 0 aliphatic heterocycles. The predicted molar refractivity (Wildman–Crippen MR) is 79.5 cm³/mol. The second-order valence-electron chi connectivity index (χ2n) is 4.31. The van der Waals surface area contributed by atoms with E-state index < -0.39 is 0 Å². The number of thiophene rings is 1. The number of rotatable bonds is 5. The highest BCUT2D eigenvalue weighted by Crippen LogP contribution is 2.22. The highest BCUT2D eigenvalue weighted by molar-refractivity contribution is 7.10. The maximum atomic E-state index is 12.1. The van der Waals surface area contributed by atoms with Crippen molar-refractivity contribution in [3.8, 4) is 0 Å². The first kappa shape index (κ1) is 14.2. The molecule has 0 saturated carbocycles. The number of aromatic nitrogens is 1. The van der Waals surface area contributed by atoms with Crippen LogP contribution in [0.1, 0.15) is 52.7 Å². The first-order chi connectivity index (χ1) is 9.11. The zero-order valence-corrected chi connectivity index (χ0v) is 12.6. The molecule has 2 aromatic rings. The van der Waals surface area contributed by atoms with Gasteiger partial charge in [0, 0.05) is 10.3 Å². The second-order valence-corrected chi connectivity index (χ2v) is 6.18. The minimum Gasteiger partial charge on any atom is -0.343 e. The topological polar surface area (TPSA) is 68.0 Å². The lowest BCUT2D eigenvalue weighted by molar-refractivity contribution is 0.0931. The Labute approximate surface area is 120 Å². The molecule has 2 unspecified atom stereocenters. The molecule has 4 nitrogen and oxygen atoms in total. The average Bonchev–Trinajstić information content (AvgIpc) is 3.05. The van der Waals surface area contributed by atoms with E-state index in [4.69, 9.17) is 5.73 Å². The van der Waals surface area contributed by atoms with Crippen LogP contribution in [0.25, 0.3) is 0 Å². The van der Waals surface area contributed by atoms with Crippen molar-refractivity contribution in [3.63, 3.8) is 0 Å². The quantitative estimate of drug-likeness (QED) is 0.890. The zero-order valence-electron chi connectivity index (χ0n) is 10.9. The molecule has 2 heterocycles. The van der Waals surface area contributed by atoms with Gasteiger partial charge in [0.2, 0.25) is 0 Å². The number of carbonyl (C=O) groups is 1. The number of carbonyl (C=O) groups excluding carboxylic acids is 1. The minimum absolute atomic E-state index is 0.0490. The van der Waals surface area contributed by atoms with Gasteiger partial charge in [0.15, 0.2) is 0 Å². The highest BCUT2D eigenvalue weighted by atomic mass is 32.1. The Hall–Kier alpha value is -1.24. The Morgan fingerprint density at radius 1 is 1.53 bits per heavy atom. The summed E-state index contributed by atoms with van der Waals surface area (Å²) >= 11 is 3.07. The van der Waals surface area contributed by atoms with Crippen LogP contribution in [-0.4, -0.2) is 10.9 Å². The van der Waals surface area contributed by atoms with Gasteiger partial charge in [-0.25, -0.2) is 4.98 Å². The lowest BCUT2D eigenvalue weighted by Gasteiger charge is -2.14. The number of nitrogens with two attached hydrogens (primary N) is 1. The Morgan fingerprint density at radius 3 is 2.84 bits per heavy atom. The molecule has 2 aromatic heterocycles. The third kappa shape index (κ3) is 3.40. The molecule has 0 aliphatic rings. The van der Waals surface area contributed by atoms with Gasteiger partial charge in [-0.1, -0.05) is 13.0 Å². The molecule has 0 fully saturated rings. The van der Waals surface area contributed by atoms with Crippen molar-refractivity contribution in [3.05, 3.63) is 38.5 Å². The third-order valence-electron chi connectivity index (χ3n) is 2.74. The number of hydrogen-bond donors (Lipinski definition) is 2. The van der Waals surface area contributed by atoms with Gasteiger partial charge in [-0.3, -0.25) is 4.79 Å². The molecule has 0 saturated heterocycles. The summed E-state index contributed by atoms with van der Waals surface area (Å²) in [5, 5.41) is 7.57. The van der Waals surface area contributed by atoms with Gasteiger partial charge in [0.25, 0.3) is 5.91 Å². The van der Waals surface area contributed by atoms with E-state index in [9.17, 15) is 4.79 Å². The standard InChI is InChI=1S/C13H17N3OS2/c1-3-9(11-5-4-6-18-11)15-12(17)10-7-19-13(16-10)8(2)14/h4-9H,3,14H2,1-2H3,(H,15,17). The van der Waals surface area contributed by atoms with Crippen LogP contribution in [0.4, 0.5) is 0 Å². The molecule has 0 radical (unpaired) electrons. The summed E-state index contributed by atoms with van der Waals surface area (Å²) in [7, 11) is 0. The first-order valence-corrected chi connectivity index (χ1v) is 7.93. The Kier molecular flexibility index (Phi) is 4.68. The highest BCUT2D eigenvalue weighted by Gasteiger charge is 2.17. The Morgan fingerprint density at radius 2 is 2.32 bits per heavy atom. The SMILES string of the molecule is CCC(NC(=O)c1csc(C(C)N)n1)c1cccs1. The fourth-order valence-corrected chi connectivity index (χ4v) is 3.32. The van der Waals surface area contributed by atoms with Crippen LogP contribution < -0.4 is 11.1 Å². The monoisotopic (exact) mass is 295 g/mol. The lowest BCUT2D eigenvalue weighted by atomic mass is 10.2. The van der Waals surface area contributed by atoms with E-state index in [-0.39, 0.29) is 18.0 Å². The van der Waals surface area contributed by atoms with Crippen LogP contribution in [0, 0.1) is 0 Å². The van der Waals surface area contributed by atoms with Gasteiger partial charge in [-0.05, 0) is 24.8 Å². The molecule has 3 N–H and O–H groups in total. The molecule has 0 spiro atoms. The van der Waals surface area contributed by atoms with E-state index in [1.165, 1.54) is 16.2 Å². The summed E-state index contributed by atoms with van der Waals surface area (Å²) < 4.78 is 0. The lowest BCUT2D eigenvalue weighted by Crippen LogP contribution is -2.28. The normalized spacial score (nSPS) is 14.1. The molecule has 0 aliphatic carbocycles. The van der Waals surface area contributed by atoms with Gasteiger partial charge in [0.1, 0.15) is 10.7 Å². The first-order valence-electron chi connectivity index (χ1n) is 6.17. The van der Waals surface area contributed by atoms with Crippen molar-refractivity contribution in [2.45, 2.75) is 32.4 Å². The number of amides is 1. The van der Waals surface area contributed by atoms with Crippen LogP contribution in [0.3, 0.4) is 0 Å². The fraction of sp³-hybridized carbons (Fsp3) is 0.385. The molecule has 1 amide bonds. The summed E-state index contributed by atoms with van der Waals surface area (Å²) in [6.07, 6.45) is 0.858. The van der Waals surface area contributed by atoms with Gasteiger partial charge in [-0.2, -0.15) is 0 Å². The second kappa shape index (κ2) is 6.27. The van der Waals surface area contributed by atoms with E-state index in [1.807, 2.05) is 24.4 Å². The summed E-state index contributed by atoms with van der Waals surface area (Å²) in [5.41, 5.74) is 6.20. The van der Waals surface area contributed by atoms with Gasteiger partial charge in [-0.15, -0.1) is 22.7 Å². The van der Waals surface area contributed by atoms with Crippen LogP contribution in [0.5, 0.6) is 0 Å². The minimum atomic E-state index is -0.136. The molecular weight excluding hydrogens is 278 g/mol. The van der Waals surface area contributed by atoms with Gasteiger partial charge < -0.3 is 11.1 Å². The molecule has 0 aromatic carbocycles. The molecule has 19 heavy (non-hydrogen) atoms. The molecule has 6 heteroatoms. The number of thiazole rings is 1. The van der Waals surface area contributed by atoms with Crippen LogP contribution in [-0.2, 0) is 0 Å². The number of nitrogens with one attached hydrogen (secondary N) is 1. The summed E-state index contributed by atoms with van der Waals surface area (Å²) in [6.45, 7) is 3.92. The van der Waals surface area contributed by atoms with E-state index in [0.29, 0.717) is 5.69 Å². The predicted octanol–water partition coefficient (Wildman–Crippen LogP) is 3.11. The number of hydrogen-bond acceptors (Lipinski definition) is 5. The Balaban J connectivity index is 2.07. The van der Waals surface area contributed by atoms with Gasteiger partial charge >= 0.3 is 0 Å². The van der Waals surface area contributed by atoms with E-state index in [1.54, 1.807) is 16.7 Å². The maximum Gasteiger partial charge on any atom is 0.271 e. The van der Waals surface area contributed by atoms with Crippen LogP contribution in [0.15, 0.2) is 22.9 Å². The zero-order chi connectivity index (χ0) is 13.8. The third-order valence-corrected chi connectivity index (χ3v) is 4.78. The van der Waals surface area contributed by atoms with E-state index in [0.717, 1.165) is 11.4 Å². The van der Waals surface area contributed by atoms with Crippen LogP contribution in [0.2, 0.25) is 0 Å². The van der Waals surface area contributed by atoms with Gasteiger partial charge in [0.05, 0.1) is 12.1 Å². The summed E-state index contributed by atoms with van der Waals surface area (Å²) in [5.74, 6) is -0.136. The Bertz CT molecular complexity index is 534. The summed E-state index contributed by atoms with van der Waals surface area (Å²) in [4.78, 5) is 17.6. The van der Waals surface area contributed by atoms with Crippen molar-refractivity contribution < 1.29 is 4.79 Å². The van der Waals surface area contributed by atoms with Crippen molar-refractivity contribution in [1.82, 2.24) is 10.3 Å². The van der Waals surface area contributed by atoms with Crippen molar-refractivity contribution >= 4 is 28.6 Å². The summed E-state index contributed by atoms with van der Waals surface area (Å²) in [6, 6.07) is 3.94. The fourth-order valence-electron chi connectivity index (χ4n) is 1.70.